The number of methoxy groups -OCH3 is 1. The molecule has 2 fully saturated rings. The lowest BCUT2D eigenvalue weighted by Crippen LogP contribution is -2.52. The van der Waals surface area contributed by atoms with Crippen molar-refractivity contribution >= 4 is 26.1 Å². The minimum absolute atomic E-state index is 0.00731. The fourth-order valence-corrected chi connectivity index (χ4v) is 7.75. The summed E-state index contributed by atoms with van der Waals surface area (Å²) in [5, 5.41) is 14.4. The molecule has 0 unspecified atom stereocenters. The number of nitrogens with zero attached hydrogens (tertiary/aromatic N) is 1. The van der Waals surface area contributed by atoms with Gasteiger partial charge in [0.2, 0.25) is 20.0 Å². The summed E-state index contributed by atoms with van der Waals surface area (Å²) in [7, 11) is -6.13. The van der Waals surface area contributed by atoms with Gasteiger partial charge in [-0.05, 0) is 54.5 Å². The van der Waals surface area contributed by atoms with Gasteiger partial charge in [0, 0.05) is 19.6 Å². The lowest BCUT2D eigenvalue weighted by Gasteiger charge is -2.35. The number of sulfonamides is 2. The summed E-state index contributed by atoms with van der Waals surface area (Å²) in [6.45, 7) is 4.06. The standard InChI is InChI=1S/C31H45N3O10S2/c1-31(2,15-16-32-45(4,37)38)21-34(46(39,40)24-12-10-23(41-3)11-13-24)19-27(35)26(18-22-8-6-5-7-9-22)33-30(36)44-28-20-43-29-25(28)14-17-42-29/h5-13,25-29,32,35H,14-21H2,1-4H3,(H,33,36)/t25-,26-,27+,28-,29+/m0/s1. The van der Waals surface area contributed by atoms with Gasteiger partial charge in [0.1, 0.15) is 11.9 Å². The number of fused-ring (bicyclic) bond motifs is 1. The molecule has 13 nitrogen and oxygen atoms in total. The van der Waals surface area contributed by atoms with E-state index < -0.39 is 56.1 Å². The van der Waals surface area contributed by atoms with E-state index in [1.807, 2.05) is 44.2 Å². The van der Waals surface area contributed by atoms with Gasteiger partial charge in [0.15, 0.2) is 6.29 Å². The zero-order valence-corrected chi connectivity index (χ0v) is 28.3. The van der Waals surface area contributed by atoms with Crippen LogP contribution in [0.25, 0.3) is 0 Å². The zero-order chi connectivity index (χ0) is 33.5. The van der Waals surface area contributed by atoms with Crippen LogP contribution in [-0.4, -0.2) is 103 Å². The molecule has 2 aromatic rings. The Morgan fingerprint density at radius 2 is 1.78 bits per heavy atom. The topological polar surface area (TPSA) is 170 Å². The van der Waals surface area contributed by atoms with Crippen molar-refractivity contribution in [3.63, 3.8) is 0 Å². The van der Waals surface area contributed by atoms with Crippen LogP contribution in [0.4, 0.5) is 4.79 Å². The second-order valence-corrected chi connectivity index (χ2v) is 16.3. The van der Waals surface area contributed by atoms with Crippen LogP contribution in [0, 0.1) is 11.3 Å². The summed E-state index contributed by atoms with van der Waals surface area (Å²) < 4.78 is 77.0. The van der Waals surface area contributed by atoms with Gasteiger partial charge in [-0.15, -0.1) is 0 Å². The van der Waals surface area contributed by atoms with Gasteiger partial charge in [0.05, 0.1) is 49.5 Å². The quantitative estimate of drug-likeness (QED) is 0.238. The third-order valence-electron chi connectivity index (χ3n) is 8.17. The van der Waals surface area contributed by atoms with E-state index in [4.69, 9.17) is 18.9 Å². The molecule has 2 aliphatic rings. The van der Waals surface area contributed by atoms with E-state index in [2.05, 4.69) is 10.0 Å². The van der Waals surface area contributed by atoms with Crippen LogP contribution < -0.4 is 14.8 Å². The summed E-state index contributed by atoms with van der Waals surface area (Å²) in [4.78, 5) is 13.1. The third-order valence-corrected chi connectivity index (χ3v) is 10.7. The third kappa shape index (κ3) is 10.1. The maximum absolute atomic E-state index is 14.0. The first-order valence-electron chi connectivity index (χ1n) is 15.2. The van der Waals surface area contributed by atoms with Gasteiger partial charge < -0.3 is 29.4 Å². The monoisotopic (exact) mass is 683 g/mol. The van der Waals surface area contributed by atoms with Crippen LogP contribution in [0.3, 0.4) is 0 Å². The minimum Gasteiger partial charge on any atom is -0.497 e. The van der Waals surface area contributed by atoms with Crippen LogP contribution >= 0.6 is 0 Å². The first kappa shape index (κ1) is 36.1. The Morgan fingerprint density at radius 3 is 2.43 bits per heavy atom. The van der Waals surface area contributed by atoms with E-state index >= 15 is 0 Å². The lowest BCUT2D eigenvalue weighted by molar-refractivity contribution is -0.0907. The van der Waals surface area contributed by atoms with Crippen molar-refractivity contribution < 1.29 is 45.7 Å². The molecule has 4 rings (SSSR count). The largest absolute Gasteiger partial charge is 0.497 e. The number of aliphatic hydroxyl groups excluding tert-OH is 1. The first-order chi connectivity index (χ1) is 21.7. The molecule has 256 valence electrons. The second-order valence-electron chi connectivity index (χ2n) is 12.5. The van der Waals surface area contributed by atoms with Gasteiger partial charge in [-0.1, -0.05) is 44.2 Å². The van der Waals surface area contributed by atoms with Crippen LogP contribution in [0.2, 0.25) is 0 Å². The highest BCUT2D eigenvalue weighted by Crippen LogP contribution is 2.33. The van der Waals surface area contributed by atoms with E-state index in [1.54, 1.807) is 0 Å². The molecule has 2 aliphatic heterocycles. The number of amides is 1. The average molecular weight is 684 g/mol. The summed E-state index contributed by atoms with van der Waals surface area (Å²) >= 11 is 0. The molecule has 1 amide bonds. The Hall–Kier alpha value is -2.79. The van der Waals surface area contributed by atoms with Crippen LogP contribution in [0.5, 0.6) is 5.75 Å². The molecule has 0 spiro atoms. The number of alkyl carbamates (subject to hydrolysis) is 1. The van der Waals surface area contributed by atoms with Gasteiger partial charge in [-0.3, -0.25) is 0 Å². The van der Waals surface area contributed by atoms with E-state index in [0.29, 0.717) is 25.2 Å². The molecule has 3 N–H and O–H groups in total. The Labute approximate surface area is 271 Å². The molecular formula is C31H45N3O10S2. The molecule has 0 radical (unpaired) electrons. The fourth-order valence-electron chi connectivity index (χ4n) is 5.63. The SMILES string of the molecule is COc1ccc(S(=O)(=O)N(C[C@@H](O)[C@H](Cc2ccccc2)NC(=O)O[C@H]2CO[C@H]3OCC[C@H]32)CC(C)(C)CCNS(C)(=O)=O)cc1. The van der Waals surface area contributed by atoms with E-state index in [0.717, 1.165) is 11.8 Å². The van der Waals surface area contributed by atoms with Crippen molar-refractivity contribution in [3.8, 4) is 5.75 Å². The predicted molar refractivity (Wildman–Crippen MR) is 170 cm³/mol. The summed E-state index contributed by atoms with van der Waals surface area (Å²) in [5.41, 5.74) is 0.109. The van der Waals surface area contributed by atoms with Gasteiger partial charge >= 0.3 is 6.09 Å². The summed E-state index contributed by atoms with van der Waals surface area (Å²) in [6, 6.07) is 14.2. The highest BCUT2D eigenvalue weighted by atomic mass is 32.2. The molecule has 2 aromatic carbocycles. The van der Waals surface area contributed by atoms with Crippen molar-refractivity contribution in [2.75, 3.05) is 46.2 Å². The number of hydrogen-bond donors (Lipinski definition) is 3. The van der Waals surface area contributed by atoms with Crippen molar-refractivity contribution in [3.05, 3.63) is 60.2 Å². The van der Waals surface area contributed by atoms with Crippen LogP contribution in [-0.2, 0) is 40.7 Å². The number of ether oxygens (including phenoxy) is 4. The van der Waals surface area contributed by atoms with E-state index in [9.17, 15) is 26.7 Å². The molecular weight excluding hydrogens is 638 g/mol. The highest BCUT2D eigenvalue weighted by molar-refractivity contribution is 7.89. The maximum Gasteiger partial charge on any atom is 0.407 e. The summed E-state index contributed by atoms with van der Waals surface area (Å²) in [5.74, 6) is 0.402. The molecule has 0 aromatic heterocycles. The van der Waals surface area contributed by atoms with Crippen molar-refractivity contribution in [2.24, 2.45) is 11.3 Å². The molecule has 15 heteroatoms. The fraction of sp³-hybridized carbons (Fsp3) is 0.581. The molecule has 0 saturated carbocycles. The highest BCUT2D eigenvalue weighted by Gasteiger charge is 2.44. The molecule has 5 atom stereocenters. The Morgan fingerprint density at radius 1 is 1.09 bits per heavy atom. The number of rotatable bonds is 16. The average Bonchev–Trinajstić information content (AvgIpc) is 3.61. The minimum atomic E-state index is -4.17. The van der Waals surface area contributed by atoms with Crippen molar-refractivity contribution in [1.29, 1.82) is 0 Å². The second kappa shape index (κ2) is 15.4. The zero-order valence-electron chi connectivity index (χ0n) is 26.6. The number of aliphatic hydroxyl groups is 1. The van der Waals surface area contributed by atoms with Gasteiger partial charge in [-0.25, -0.2) is 26.4 Å². The normalized spacial score (nSPS) is 21.5. The Kier molecular flexibility index (Phi) is 12.1. The van der Waals surface area contributed by atoms with Gasteiger partial charge in [-0.2, -0.15) is 4.31 Å². The molecule has 46 heavy (non-hydrogen) atoms. The van der Waals surface area contributed by atoms with Crippen molar-refractivity contribution in [1.82, 2.24) is 14.3 Å². The summed E-state index contributed by atoms with van der Waals surface area (Å²) in [6.07, 6.45) is -0.741. The lowest BCUT2D eigenvalue weighted by atomic mass is 9.89. The Bertz CT molecular complexity index is 1500. The smallest absolute Gasteiger partial charge is 0.407 e. The van der Waals surface area contributed by atoms with Crippen LogP contribution in [0.15, 0.2) is 59.5 Å². The van der Waals surface area contributed by atoms with Crippen LogP contribution in [0.1, 0.15) is 32.3 Å². The molecule has 2 saturated heterocycles. The number of benzene rings is 2. The van der Waals surface area contributed by atoms with Gasteiger partial charge in [0.25, 0.3) is 0 Å². The van der Waals surface area contributed by atoms with Crippen molar-refractivity contribution in [2.45, 2.75) is 62.5 Å². The first-order valence-corrected chi connectivity index (χ1v) is 18.5. The molecule has 0 aliphatic carbocycles. The van der Waals surface area contributed by atoms with E-state index in [1.165, 1.54) is 35.7 Å². The predicted octanol–water partition coefficient (Wildman–Crippen LogP) is 2.11. The van der Waals surface area contributed by atoms with E-state index in [-0.39, 0.29) is 43.5 Å². The molecule has 2 heterocycles. The number of nitrogens with one attached hydrogen (secondary N) is 2. The Balaban J connectivity index is 1.56. The molecule has 0 bridgehead atoms. The number of carbonyl (C=O) groups is 1. The number of carbonyl (C=O) groups excluding carboxylic acids is 1. The maximum atomic E-state index is 14.0. The number of hydrogen-bond acceptors (Lipinski definition) is 10.